The van der Waals surface area contributed by atoms with Crippen LogP contribution in [0.2, 0.25) is 0 Å². The van der Waals surface area contributed by atoms with Crippen LogP contribution in [0.3, 0.4) is 0 Å². The lowest BCUT2D eigenvalue weighted by molar-refractivity contribution is 0.105. The summed E-state index contributed by atoms with van der Waals surface area (Å²) in [6.45, 7) is 4.34. The number of hydrogen-bond acceptors (Lipinski definition) is 2. The molecule has 1 aromatic rings. The van der Waals surface area contributed by atoms with Crippen molar-refractivity contribution in [1.82, 2.24) is 4.90 Å². The van der Waals surface area contributed by atoms with Gasteiger partial charge in [0, 0.05) is 16.1 Å². The van der Waals surface area contributed by atoms with E-state index in [0.29, 0.717) is 0 Å². The van der Waals surface area contributed by atoms with Gasteiger partial charge in [0.05, 0.1) is 0 Å². The molecule has 0 aromatic heterocycles. The van der Waals surface area contributed by atoms with Crippen molar-refractivity contribution in [2.75, 3.05) is 14.1 Å². The Labute approximate surface area is 124 Å². The quantitative estimate of drug-likeness (QED) is 0.863. The molecular formula is C15H24BrFN2. The summed E-state index contributed by atoms with van der Waals surface area (Å²) in [5.74, 6) is -0.228. The lowest BCUT2D eigenvalue weighted by Crippen LogP contribution is -2.57. The van der Waals surface area contributed by atoms with Crippen LogP contribution >= 0.6 is 15.9 Å². The van der Waals surface area contributed by atoms with E-state index in [1.807, 2.05) is 6.07 Å². The van der Waals surface area contributed by atoms with Crippen molar-refractivity contribution in [3.63, 3.8) is 0 Å². The molecule has 108 valence electrons. The van der Waals surface area contributed by atoms with E-state index in [1.54, 1.807) is 0 Å². The molecule has 2 nitrogen and oxygen atoms in total. The van der Waals surface area contributed by atoms with Crippen molar-refractivity contribution in [3.8, 4) is 0 Å². The van der Waals surface area contributed by atoms with Gasteiger partial charge in [0.15, 0.2) is 0 Å². The van der Waals surface area contributed by atoms with Gasteiger partial charge in [0.1, 0.15) is 5.82 Å². The maximum Gasteiger partial charge on any atom is 0.124 e. The Balaban J connectivity index is 2.96. The number of nitrogens with two attached hydrogens (primary N) is 1. The summed E-state index contributed by atoms with van der Waals surface area (Å²) in [5.41, 5.74) is 7.50. The van der Waals surface area contributed by atoms with Gasteiger partial charge in [-0.1, -0.05) is 35.8 Å². The number of nitrogens with zero attached hydrogens (tertiary/aromatic N) is 1. The van der Waals surface area contributed by atoms with Crippen LogP contribution in [-0.4, -0.2) is 30.6 Å². The Hall–Kier alpha value is -0.450. The highest BCUT2D eigenvalue weighted by Gasteiger charge is 2.35. The van der Waals surface area contributed by atoms with Crippen LogP contribution in [0.25, 0.3) is 0 Å². The van der Waals surface area contributed by atoms with E-state index in [1.165, 1.54) is 12.1 Å². The molecule has 4 heteroatoms. The third kappa shape index (κ3) is 3.56. The van der Waals surface area contributed by atoms with Gasteiger partial charge in [0.2, 0.25) is 0 Å². The van der Waals surface area contributed by atoms with Crippen molar-refractivity contribution in [2.45, 2.75) is 44.7 Å². The van der Waals surface area contributed by atoms with Crippen LogP contribution in [0, 0.1) is 5.82 Å². The molecular weight excluding hydrogens is 307 g/mol. The summed E-state index contributed by atoms with van der Waals surface area (Å²) in [6, 6.07) is 4.81. The van der Waals surface area contributed by atoms with Crippen molar-refractivity contribution in [1.29, 1.82) is 0 Å². The summed E-state index contributed by atoms with van der Waals surface area (Å²) < 4.78 is 13.9. The van der Waals surface area contributed by atoms with Gasteiger partial charge in [-0.15, -0.1) is 0 Å². The SMILES string of the molecule is CCC(CC)(C(N)Cc1ccc(F)cc1Br)N(C)C. The summed E-state index contributed by atoms with van der Waals surface area (Å²) in [5, 5.41) is 0. The lowest BCUT2D eigenvalue weighted by Gasteiger charge is -2.43. The maximum atomic E-state index is 13.1. The number of hydrogen-bond donors (Lipinski definition) is 1. The highest BCUT2D eigenvalue weighted by molar-refractivity contribution is 9.10. The largest absolute Gasteiger partial charge is 0.326 e. The van der Waals surface area contributed by atoms with Crippen LogP contribution in [0.5, 0.6) is 0 Å². The van der Waals surface area contributed by atoms with Crippen molar-refractivity contribution >= 4 is 15.9 Å². The summed E-state index contributed by atoms with van der Waals surface area (Å²) in [4.78, 5) is 2.22. The van der Waals surface area contributed by atoms with E-state index in [2.05, 4.69) is 48.8 Å². The number of rotatable bonds is 6. The van der Waals surface area contributed by atoms with Gasteiger partial charge >= 0.3 is 0 Å². The third-order valence-electron chi connectivity index (χ3n) is 4.26. The van der Waals surface area contributed by atoms with Crippen molar-refractivity contribution < 1.29 is 4.39 Å². The Kier molecular flexibility index (Phi) is 5.96. The van der Waals surface area contributed by atoms with E-state index < -0.39 is 0 Å². The second-order valence-corrected chi connectivity index (χ2v) is 6.11. The Bertz CT molecular complexity index is 417. The third-order valence-corrected chi connectivity index (χ3v) is 5.00. The molecule has 1 unspecified atom stereocenters. The van der Waals surface area contributed by atoms with Gasteiger partial charge in [-0.05, 0) is 51.1 Å². The zero-order chi connectivity index (χ0) is 14.6. The van der Waals surface area contributed by atoms with Crippen molar-refractivity contribution in [3.05, 3.63) is 34.1 Å². The first kappa shape index (κ1) is 16.6. The fourth-order valence-corrected chi connectivity index (χ4v) is 3.37. The van der Waals surface area contributed by atoms with Gasteiger partial charge in [0.25, 0.3) is 0 Å². The van der Waals surface area contributed by atoms with Crippen LogP contribution < -0.4 is 5.73 Å². The molecule has 0 saturated heterocycles. The zero-order valence-electron chi connectivity index (χ0n) is 12.2. The molecule has 0 aliphatic carbocycles. The summed E-state index contributed by atoms with van der Waals surface area (Å²) >= 11 is 3.41. The minimum absolute atomic E-state index is 0.0132. The minimum Gasteiger partial charge on any atom is -0.326 e. The van der Waals surface area contributed by atoms with Crippen LogP contribution in [0.15, 0.2) is 22.7 Å². The molecule has 0 amide bonds. The van der Waals surface area contributed by atoms with E-state index in [-0.39, 0.29) is 17.4 Å². The first-order valence-corrected chi connectivity index (χ1v) is 7.53. The number of halogens is 2. The zero-order valence-corrected chi connectivity index (χ0v) is 13.8. The maximum absolute atomic E-state index is 13.1. The summed E-state index contributed by atoms with van der Waals surface area (Å²) in [7, 11) is 4.15. The molecule has 19 heavy (non-hydrogen) atoms. The predicted molar refractivity (Wildman–Crippen MR) is 82.8 cm³/mol. The summed E-state index contributed by atoms with van der Waals surface area (Å²) in [6.07, 6.45) is 2.73. The molecule has 2 N–H and O–H groups in total. The van der Waals surface area contributed by atoms with Crippen LogP contribution in [0.4, 0.5) is 4.39 Å². The van der Waals surface area contributed by atoms with Crippen molar-refractivity contribution in [2.24, 2.45) is 5.73 Å². The van der Waals surface area contributed by atoms with E-state index >= 15 is 0 Å². The molecule has 1 atom stereocenters. The number of likely N-dealkylation sites (N-methyl/N-ethyl adjacent to an activating group) is 1. The molecule has 0 bridgehead atoms. The molecule has 1 aromatic carbocycles. The Morgan fingerprint density at radius 3 is 2.32 bits per heavy atom. The molecule has 0 radical (unpaired) electrons. The molecule has 0 heterocycles. The number of benzene rings is 1. The van der Waals surface area contributed by atoms with E-state index in [0.717, 1.165) is 29.3 Å². The van der Waals surface area contributed by atoms with E-state index in [4.69, 9.17) is 5.73 Å². The topological polar surface area (TPSA) is 29.3 Å². The first-order valence-electron chi connectivity index (χ1n) is 6.74. The fourth-order valence-electron chi connectivity index (χ4n) is 2.85. The highest BCUT2D eigenvalue weighted by Crippen LogP contribution is 2.28. The smallest absolute Gasteiger partial charge is 0.124 e. The molecule has 0 aliphatic rings. The van der Waals surface area contributed by atoms with Crippen LogP contribution in [0.1, 0.15) is 32.3 Å². The normalized spacial score (nSPS) is 13.9. The lowest BCUT2D eigenvalue weighted by atomic mass is 9.81. The minimum atomic E-state index is -0.228. The average molecular weight is 331 g/mol. The van der Waals surface area contributed by atoms with Crippen LogP contribution in [-0.2, 0) is 6.42 Å². The molecule has 0 spiro atoms. The van der Waals surface area contributed by atoms with Gasteiger partial charge in [-0.2, -0.15) is 0 Å². The van der Waals surface area contributed by atoms with Gasteiger partial charge in [-0.3, -0.25) is 0 Å². The van der Waals surface area contributed by atoms with Gasteiger partial charge in [-0.25, -0.2) is 4.39 Å². The molecule has 0 fully saturated rings. The Morgan fingerprint density at radius 1 is 1.32 bits per heavy atom. The first-order chi connectivity index (χ1) is 8.87. The second-order valence-electron chi connectivity index (χ2n) is 5.25. The Morgan fingerprint density at radius 2 is 1.89 bits per heavy atom. The highest BCUT2D eigenvalue weighted by atomic mass is 79.9. The fraction of sp³-hybridized carbons (Fsp3) is 0.600. The molecule has 1 rings (SSSR count). The molecule has 0 saturated carbocycles. The predicted octanol–water partition coefficient (Wildman–Crippen LogP) is 3.58. The second kappa shape index (κ2) is 6.82. The van der Waals surface area contributed by atoms with E-state index in [9.17, 15) is 4.39 Å². The standard InChI is InChI=1S/C15H24BrFN2/c1-5-15(6-2,19(3)4)14(18)9-11-7-8-12(17)10-13(11)16/h7-8,10,14H,5-6,9,18H2,1-4H3. The van der Waals surface area contributed by atoms with Gasteiger partial charge < -0.3 is 10.6 Å². The average Bonchev–Trinajstić information content (AvgIpc) is 2.34. The monoisotopic (exact) mass is 330 g/mol. The molecule has 0 aliphatic heterocycles.